The molecule has 3 rings (SSSR count). The number of aliphatic hydroxyl groups is 1. The number of aromatic nitrogens is 4. The summed E-state index contributed by atoms with van der Waals surface area (Å²) in [6, 6.07) is 4.81. The zero-order valence-electron chi connectivity index (χ0n) is 12.7. The Balaban J connectivity index is 1.71. The van der Waals surface area contributed by atoms with Crippen molar-refractivity contribution in [3.63, 3.8) is 0 Å². The first-order valence-electron chi connectivity index (χ1n) is 7.09. The Morgan fingerprint density at radius 3 is 2.96 bits per heavy atom. The SMILES string of the molecule is Cn1ncc2c(=O)n(CC(O)COc3cc(Cl)ccc3Cl)cnc21. The molecule has 0 amide bonds. The van der Waals surface area contributed by atoms with Crippen molar-refractivity contribution < 1.29 is 9.84 Å². The molecular weight excluding hydrogens is 355 g/mol. The van der Waals surface area contributed by atoms with Crippen LogP contribution in [0.1, 0.15) is 0 Å². The molecular formula is C15H14Cl2N4O3. The quantitative estimate of drug-likeness (QED) is 0.743. The van der Waals surface area contributed by atoms with E-state index in [2.05, 4.69) is 10.1 Å². The zero-order chi connectivity index (χ0) is 17.3. The van der Waals surface area contributed by atoms with Crippen molar-refractivity contribution in [2.45, 2.75) is 12.6 Å². The first kappa shape index (κ1) is 16.8. The Bertz CT molecular complexity index is 938. The minimum Gasteiger partial charge on any atom is -0.489 e. The van der Waals surface area contributed by atoms with Gasteiger partial charge in [0.05, 0.1) is 17.8 Å². The predicted molar refractivity (Wildman–Crippen MR) is 90.7 cm³/mol. The second-order valence-corrected chi connectivity index (χ2v) is 6.09. The number of halogens is 2. The van der Waals surface area contributed by atoms with E-state index in [1.807, 2.05) is 0 Å². The maximum Gasteiger partial charge on any atom is 0.264 e. The van der Waals surface area contributed by atoms with E-state index in [1.54, 1.807) is 25.2 Å². The molecule has 0 aliphatic carbocycles. The van der Waals surface area contributed by atoms with E-state index in [-0.39, 0.29) is 18.7 Å². The molecule has 0 fully saturated rings. The molecule has 0 saturated heterocycles. The summed E-state index contributed by atoms with van der Waals surface area (Å²) in [6.07, 6.45) is 1.91. The van der Waals surface area contributed by atoms with Gasteiger partial charge in [0, 0.05) is 18.1 Å². The number of rotatable bonds is 5. The van der Waals surface area contributed by atoms with Gasteiger partial charge in [0.25, 0.3) is 5.56 Å². The molecule has 3 aromatic rings. The van der Waals surface area contributed by atoms with E-state index in [0.29, 0.717) is 26.8 Å². The Labute approximate surface area is 147 Å². The molecule has 1 N–H and O–H groups in total. The first-order chi connectivity index (χ1) is 11.5. The Morgan fingerprint density at radius 2 is 2.17 bits per heavy atom. The van der Waals surface area contributed by atoms with E-state index >= 15 is 0 Å². The fraction of sp³-hybridized carbons (Fsp3) is 0.267. The van der Waals surface area contributed by atoms with Gasteiger partial charge in [0.1, 0.15) is 30.2 Å². The number of hydrogen-bond donors (Lipinski definition) is 1. The van der Waals surface area contributed by atoms with Crippen molar-refractivity contribution in [3.05, 3.63) is 51.1 Å². The van der Waals surface area contributed by atoms with Gasteiger partial charge in [-0.15, -0.1) is 0 Å². The van der Waals surface area contributed by atoms with Crippen LogP contribution in [0.2, 0.25) is 10.0 Å². The van der Waals surface area contributed by atoms with Crippen molar-refractivity contribution in [3.8, 4) is 5.75 Å². The highest BCUT2D eigenvalue weighted by Crippen LogP contribution is 2.27. The number of ether oxygens (including phenoxy) is 1. The number of benzene rings is 1. The lowest BCUT2D eigenvalue weighted by atomic mass is 10.3. The fourth-order valence-electron chi connectivity index (χ4n) is 2.25. The largest absolute Gasteiger partial charge is 0.489 e. The number of aryl methyl sites for hydroxylation is 1. The van der Waals surface area contributed by atoms with Crippen LogP contribution >= 0.6 is 23.2 Å². The molecule has 2 aromatic heterocycles. The summed E-state index contributed by atoms with van der Waals surface area (Å²) in [5.74, 6) is 0.372. The van der Waals surface area contributed by atoms with Crippen molar-refractivity contribution in [2.24, 2.45) is 7.05 Å². The van der Waals surface area contributed by atoms with Gasteiger partial charge in [-0.25, -0.2) is 4.98 Å². The first-order valence-corrected chi connectivity index (χ1v) is 7.84. The lowest BCUT2D eigenvalue weighted by molar-refractivity contribution is 0.0915. The maximum atomic E-state index is 12.3. The van der Waals surface area contributed by atoms with Crippen LogP contribution in [0.5, 0.6) is 5.75 Å². The highest BCUT2D eigenvalue weighted by Gasteiger charge is 2.13. The summed E-state index contributed by atoms with van der Waals surface area (Å²) >= 11 is 11.9. The van der Waals surface area contributed by atoms with Crippen molar-refractivity contribution in [1.82, 2.24) is 19.3 Å². The van der Waals surface area contributed by atoms with E-state index < -0.39 is 6.10 Å². The highest BCUT2D eigenvalue weighted by atomic mass is 35.5. The molecule has 0 aliphatic heterocycles. The van der Waals surface area contributed by atoms with E-state index in [1.165, 1.54) is 21.8 Å². The number of fused-ring (bicyclic) bond motifs is 1. The van der Waals surface area contributed by atoms with Gasteiger partial charge in [0.2, 0.25) is 0 Å². The summed E-state index contributed by atoms with van der Waals surface area (Å²) in [4.78, 5) is 16.5. The average Bonchev–Trinajstić information content (AvgIpc) is 2.93. The topological polar surface area (TPSA) is 82.2 Å². The minimum absolute atomic E-state index is 0.0366. The average molecular weight is 369 g/mol. The van der Waals surface area contributed by atoms with Crippen LogP contribution in [0.4, 0.5) is 0 Å². The monoisotopic (exact) mass is 368 g/mol. The zero-order valence-corrected chi connectivity index (χ0v) is 14.2. The molecule has 1 atom stereocenters. The molecule has 24 heavy (non-hydrogen) atoms. The molecule has 1 unspecified atom stereocenters. The molecule has 2 heterocycles. The van der Waals surface area contributed by atoms with Gasteiger partial charge in [-0.2, -0.15) is 5.10 Å². The van der Waals surface area contributed by atoms with Crippen LogP contribution in [0.25, 0.3) is 11.0 Å². The summed E-state index contributed by atoms with van der Waals surface area (Å²) in [6.45, 7) is -0.00751. The van der Waals surface area contributed by atoms with Gasteiger partial charge >= 0.3 is 0 Å². The number of nitrogens with zero attached hydrogens (tertiary/aromatic N) is 4. The molecule has 0 radical (unpaired) electrons. The third kappa shape index (κ3) is 3.38. The number of hydrogen-bond acceptors (Lipinski definition) is 5. The highest BCUT2D eigenvalue weighted by molar-refractivity contribution is 6.34. The molecule has 0 spiro atoms. The summed E-state index contributed by atoms with van der Waals surface area (Å²) in [5.41, 5.74) is 0.223. The molecule has 0 bridgehead atoms. The van der Waals surface area contributed by atoms with Gasteiger partial charge in [-0.05, 0) is 12.1 Å². The van der Waals surface area contributed by atoms with Crippen LogP contribution in [0.15, 0.2) is 35.5 Å². The second-order valence-electron chi connectivity index (χ2n) is 5.25. The summed E-state index contributed by atoms with van der Waals surface area (Å²) < 4.78 is 8.30. The third-order valence-electron chi connectivity index (χ3n) is 3.45. The van der Waals surface area contributed by atoms with Crippen LogP contribution < -0.4 is 10.3 Å². The minimum atomic E-state index is -0.923. The summed E-state index contributed by atoms with van der Waals surface area (Å²) in [7, 11) is 1.70. The molecule has 9 heteroatoms. The lowest BCUT2D eigenvalue weighted by Gasteiger charge is -2.14. The van der Waals surface area contributed by atoms with Crippen LogP contribution in [0, 0.1) is 0 Å². The normalized spacial score (nSPS) is 12.5. The van der Waals surface area contributed by atoms with Crippen LogP contribution in [-0.4, -0.2) is 37.1 Å². The van der Waals surface area contributed by atoms with Crippen molar-refractivity contribution in [2.75, 3.05) is 6.61 Å². The van der Waals surface area contributed by atoms with Crippen LogP contribution in [0.3, 0.4) is 0 Å². The molecule has 1 aromatic carbocycles. The lowest BCUT2D eigenvalue weighted by Crippen LogP contribution is -2.30. The van der Waals surface area contributed by atoms with Crippen molar-refractivity contribution in [1.29, 1.82) is 0 Å². The van der Waals surface area contributed by atoms with Gasteiger partial charge in [0.15, 0.2) is 5.65 Å². The van der Waals surface area contributed by atoms with Gasteiger partial charge in [-0.1, -0.05) is 23.2 Å². The Hall–Kier alpha value is -2.09. The fourth-order valence-corrected chi connectivity index (χ4v) is 2.58. The number of aliphatic hydroxyl groups excluding tert-OH is 1. The Kier molecular flexibility index (Phi) is 4.75. The molecule has 7 nitrogen and oxygen atoms in total. The van der Waals surface area contributed by atoms with Gasteiger partial charge < -0.3 is 9.84 Å². The van der Waals surface area contributed by atoms with E-state index in [0.717, 1.165) is 0 Å². The second kappa shape index (κ2) is 6.80. The smallest absolute Gasteiger partial charge is 0.264 e. The third-order valence-corrected chi connectivity index (χ3v) is 4.00. The predicted octanol–water partition coefficient (Wildman–Crippen LogP) is 1.88. The molecule has 0 aliphatic rings. The molecule has 0 saturated carbocycles. The maximum absolute atomic E-state index is 12.3. The standard InChI is InChI=1S/C15H14Cl2N4O3/c1-20-14-11(5-19-20)15(23)21(8-18-14)6-10(22)7-24-13-4-9(16)2-3-12(13)17/h2-5,8,10,22H,6-7H2,1H3. The summed E-state index contributed by atoms with van der Waals surface area (Å²) in [5, 5.41) is 15.4. The van der Waals surface area contributed by atoms with E-state index in [9.17, 15) is 9.90 Å². The van der Waals surface area contributed by atoms with Crippen LogP contribution in [-0.2, 0) is 13.6 Å². The van der Waals surface area contributed by atoms with E-state index in [4.69, 9.17) is 27.9 Å². The van der Waals surface area contributed by atoms with Crippen molar-refractivity contribution >= 4 is 34.2 Å². The molecule has 126 valence electrons. The van der Waals surface area contributed by atoms with Gasteiger partial charge in [-0.3, -0.25) is 14.0 Å². The Morgan fingerprint density at radius 1 is 1.38 bits per heavy atom.